The number of hydrogen-bond acceptors (Lipinski definition) is 2. The maximum Gasteiger partial charge on any atom is 0.419 e. The highest BCUT2D eigenvalue weighted by Gasteiger charge is 2.34. The van der Waals surface area contributed by atoms with Gasteiger partial charge in [-0.1, -0.05) is 93.4 Å². The molecule has 0 aliphatic heterocycles. The quantitative estimate of drug-likeness (QED) is 0.168. The van der Waals surface area contributed by atoms with Crippen LogP contribution in [0, 0.1) is 5.82 Å². The first-order valence-electron chi connectivity index (χ1n) is 13.6. The minimum absolute atomic E-state index is 0.336. The van der Waals surface area contributed by atoms with E-state index in [-0.39, 0.29) is 0 Å². The SMILES string of the molecule is CCCCN(Cc1ccc(C(F)(F)F)c(F)c1)Cc1c(-c2ccccc2)nc(-c2ccccc2)n1CCCC. The van der Waals surface area contributed by atoms with Crippen molar-refractivity contribution in [2.45, 2.75) is 65.3 Å². The van der Waals surface area contributed by atoms with Crippen LogP contribution in [0.1, 0.15) is 56.4 Å². The van der Waals surface area contributed by atoms with E-state index in [1.807, 2.05) is 48.5 Å². The van der Waals surface area contributed by atoms with Crippen LogP contribution >= 0.6 is 0 Å². The van der Waals surface area contributed by atoms with Gasteiger partial charge in [0.25, 0.3) is 0 Å². The molecular formula is C32H35F4N3. The Morgan fingerprint density at radius 3 is 2.03 bits per heavy atom. The van der Waals surface area contributed by atoms with Gasteiger partial charge in [0, 0.05) is 30.8 Å². The number of imidazole rings is 1. The first-order chi connectivity index (χ1) is 18.8. The van der Waals surface area contributed by atoms with E-state index >= 15 is 0 Å². The van der Waals surface area contributed by atoms with Crippen LogP contribution in [0.5, 0.6) is 0 Å². The summed E-state index contributed by atoms with van der Waals surface area (Å²) < 4.78 is 56.1. The fourth-order valence-electron chi connectivity index (χ4n) is 4.79. The Kier molecular flexibility index (Phi) is 9.57. The molecule has 0 saturated carbocycles. The lowest BCUT2D eigenvalue weighted by Crippen LogP contribution is -2.26. The summed E-state index contributed by atoms with van der Waals surface area (Å²) in [7, 11) is 0. The predicted molar refractivity (Wildman–Crippen MR) is 148 cm³/mol. The fraction of sp³-hybridized carbons (Fsp3) is 0.344. The number of alkyl halides is 3. The lowest BCUT2D eigenvalue weighted by molar-refractivity contribution is -0.140. The lowest BCUT2D eigenvalue weighted by Gasteiger charge is -2.24. The average molecular weight is 538 g/mol. The molecule has 3 aromatic carbocycles. The molecule has 206 valence electrons. The Morgan fingerprint density at radius 1 is 0.795 bits per heavy atom. The Hall–Kier alpha value is -3.45. The third kappa shape index (κ3) is 7.15. The molecule has 39 heavy (non-hydrogen) atoms. The summed E-state index contributed by atoms with van der Waals surface area (Å²) in [6.45, 7) is 6.66. The van der Waals surface area contributed by atoms with E-state index in [2.05, 4.69) is 35.4 Å². The fourth-order valence-corrected chi connectivity index (χ4v) is 4.79. The van der Waals surface area contributed by atoms with Crippen LogP contribution in [-0.2, 0) is 25.8 Å². The molecule has 0 aliphatic carbocycles. The Bertz CT molecular complexity index is 1330. The second-order valence-corrected chi connectivity index (χ2v) is 9.84. The second-order valence-electron chi connectivity index (χ2n) is 9.84. The average Bonchev–Trinajstić information content (AvgIpc) is 3.28. The number of rotatable bonds is 12. The van der Waals surface area contributed by atoms with Crippen molar-refractivity contribution in [3.8, 4) is 22.6 Å². The van der Waals surface area contributed by atoms with Crippen LogP contribution < -0.4 is 0 Å². The number of benzene rings is 3. The molecule has 0 aliphatic rings. The van der Waals surface area contributed by atoms with Gasteiger partial charge in [-0.2, -0.15) is 13.2 Å². The molecule has 0 bridgehead atoms. The summed E-state index contributed by atoms with van der Waals surface area (Å²) in [6, 6.07) is 23.4. The minimum atomic E-state index is -4.71. The molecule has 0 unspecified atom stereocenters. The zero-order valence-corrected chi connectivity index (χ0v) is 22.5. The van der Waals surface area contributed by atoms with Gasteiger partial charge in [0.2, 0.25) is 0 Å². The zero-order chi connectivity index (χ0) is 27.8. The smallest absolute Gasteiger partial charge is 0.326 e. The standard InChI is InChI=1S/C32H35F4N3/c1-3-5-19-38(22-24-17-18-27(28(33)21-24)32(34,35)36)23-29-30(25-13-9-7-10-14-25)37-31(39(29)20-6-4-2)26-15-11-8-12-16-26/h7-18,21H,3-6,19-20,22-23H2,1-2H3. The topological polar surface area (TPSA) is 21.1 Å². The third-order valence-corrected chi connectivity index (χ3v) is 6.83. The molecule has 4 aromatic rings. The van der Waals surface area contributed by atoms with Crippen LogP contribution in [0.25, 0.3) is 22.6 Å². The van der Waals surface area contributed by atoms with Crippen LogP contribution in [0.15, 0.2) is 78.9 Å². The van der Waals surface area contributed by atoms with Gasteiger partial charge in [-0.05, 0) is 37.1 Å². The molecule has 4 rings (SSSR count). The summed E-state index contributed by atoms with van der Waals surface area (Å²) in [5.41, 5.74) is 3.27. The van der Waals surface area contributed by atoms with Crippen LogP contribution in [-0.4, -0.2) is 21.0 Å². The summed E-state index contributed by atoms with van der Waals surface area (Å²) in [6.07, 6.45) is -0.825. The molecule has 0 saturated heterocycles. The third-order valence-electron chi connectivity index (χ3n) is 6.83. The van der Waals surface area contributed by atoms with Crippen molar-refractivity contribution in [3.05, 3.63) is 102 Å². The van der Waals surface area contributed by atoms with Gasteiger partial charge in [-0.25, -0.2) is 9.37 Å². The van der Waals surface area contributed by atoms with Crippen molar-refractivity contribution in [3.63, 3.8) is 0 Å². The number of nitrogens with zero attached hydrogens (tertiary/aromatic N) is 3. The van der Waals surface area contributed by atoms with Crippen LogP contribution in [0.4, 0.5) is 17.6 Å². The zero-order valence-electron chi connectivity index (χ0n) is 22.5. The minimum Gasteiger partial charge on any atom is -0.326 e. The van der Waals surface area contributed by atoms with Gasteiger partial charge in [0.1, 0.15) is 11.6 Å². The van der Waals surface area contributed by atoms with E-state index in [0.717, 1.165) is 79.2 Å². The highest BCUT2D eigenvalue weighted by Crippen LogP contribution is 2.33. The molecule has 0 N–H and O–H groups in total. The summed E-state index contributed by atoms with van der Waals surface area (Å²) >= 11 is 0. The van der Waals surface area contributed by atoms with Crippen molar-refractivity contribution >= 4 is 0 Å². The maximum atomic E-state index is 14.4. The van der Waals surface area contributed by atoms with Crippen molar-refractivity contribution in [1.82, 2.24) is 14.5 Å². The largest absolute Gasteiger partial charge is 0.419 e. The summed E-state index contributed by atoms with van der Waals surface area (Å²) in [5.74, 6) is -0.339. The van der Waals surface area contributed by atoms with E-state index in [9.17, 15) is 17.6 Å². The molecule has 1 heterocycles. The Labute approximate surface area is 228 Å². The monoisotopic (exact) mass is 537 g/mol. The first kappa shape index (κ1) is 28.6. The van der Waals surface area contributed by atoms with Gasteiger partial charge in [-0.15, -0.1) is 0 Å². The van der Waals surface area contributed by atoms with E-state index in [1.165, 1.54) is 6.07 Å². The van der Waals surface area contributed by atoms with Gasteiger partial charge in [0.15, 0.2) is 0 Å². The second kappa shape index (κ2) is 13.1. The van der Waals surface area contributed by atoms with Gasteiger partial charge >= 0.3 is 6.18 Å². The highest BCUT2D eigenvalue weighted by atomic mass is 19.4. The summed E-state index contributed by atoms with van der Waals surface area (Å²) in [5, 5.41) is 0. The normalized spacial score (nSPS) is 11.9. The van der Waals surface area contributed by atoms with E-state index in [4.69, 9.17) is 4.98 Å². The molecule has 1 aromatic heterocycles. The van der Waals surface area contributed by atoms with Crippen molar-refractivity contribution in [2.75, 3.05) is 6.54 Å². The van der Waals surface area contributed by atoms with Crippen molar-refractivity contribution < 1.29 is 17.6 Å². The van der Waals surface area contributed by atoms with Gasteiger partial charge in [0.05, 0.1) is 17.0 Å². The molecule has 7 heteroatoms. The first-order valence-corrected chi connectivity index (χ1v) is 13.6. The van der Waals surface area contributed by atoms with Crippen molar-refractivity contribution in [2.24, 2.45) is 0 Å². The number of halogens is 4. The lowest BCUT2D eigenvalue weighted by atomic mass is 10.1. The number of hydrogen-bond donors (Lipinski definition) is 0. The Morgan fingerprint density at radius 2 is 1.44 bits per heavy atom. The molecule has 0 spiro atoms. The van der Waals surface area contributed by atoms with Gasteiger partial charge in [-0.3, -0.25) is 4.90 Å². The summed E-state index contributed by atoms with van der Waals surface area (Å²) in [4.78, 5) is 7.33. The molecule has 0 fully saturated rings. The number of unbranched alkanes of at least 4 members (excludes halogenated alkanes) is 2. The van der Waals surface area contributed by atoms with E-state index in [0.29, 0.717) is 18.7 Å². The molecule has 0 amide bonds. The van der Waals surface area contributed by atoms with Crippen molar-refractivity contribution in [1.29, 1.82) is 0 Å². The maximum absolute atomic E-state index is 14.4. The number of aromatic nitrogens is 2. The van der Waals surface area contributed by atoms with Crippen LogP contribution in [0.2, 0.25) is 0 Å². The predicted octanol–water partition coefficient (Wildman–Crippen LogP) is 8.98. The molecular weight excluding hydrogens is 502 g/mol. The molecule has 3 nitrogen and oxygen atoms in total. The van der Waals surface area contributed by atoms with E-state index < -0.39 is 17.6 Å². The van der Waals surface area contributed by atoms with Crippen LogP contribution in [0.3, 0.4) is 0 Å². The highest BCUT2D eigenvalue weighted by molar-refractivity contribution is 5.68. The molecule has 0 radical (unpaired) electrons. The van der Waals surface area contributed by atoms with E-state index in [1.54, 1.807) is 0 Å². The van der Waals surface area contributed by atoms with Gasteiger partial charge < -0.3 is 4.57 Å². The Balaban J connectivity index is 1.77. The molecule has 0 atom stereocenters.